The van der Waals surface area contributed by atoms with E-state index in [-0.39, 0.29) is 6.29 Å². The molecule has 4 N–H and O–H groups in total. The molecule has 0 radical (unpaired) electrons. The predicted octanol–water partition coefficient (Wildman–Crippen LogP) is -2.00. The van der Waals surface area contributed by atoms with Crippen molar-refractivity contribution in [1.82, 2.24) is 0 Å². The maximum absolute atomic E-state index is 10.3. The van der Waals surface area contributed by atoms with Gasteiger partial charge in [-0.15, -0.1) is 0 Å². The van der Waals surface area contributed by atoms with Gasteiger partial charge in [-0.25, -0.2) is 4.79 Å². The number of aldehydes is 1. The number of aliphatic hydroxyl groups is 4. The highest BCUT2D eigenvalue weighted by Crippen LogP contribution is 2.08. The predicted molar refractivity (Wildman–Crippen MR) is 47.3 cm³/mol. The van der Waals surface area contributed by atoms with E-state index in [0.29, 0.717) is 0 Å². The lowest BCUT2D eigenvalue weighted by Gasteiger charge is -2.24. The third kappa shape index (κ3) is 4.54. The standard InChI is InChI=1S/C7H11ClO7/c8-7(14)15-4(2-10)6(13)5(12)3(11)1-9/h2-6,9,11-13H,1H2/t3-,4+,5+,6-/m1/s1. The van der Waals surface area contributed by atoms with E-state index in [1.807, 2.05) is 0 Å². The third-order valence-electron chi connectivity index (χ3n) is 1.63. The number of aliphatic hydroxyl groups excluding tert-OH is 4. The fraction of sp³-hybridized carbons (Fsp3) is 0.714. The van der Waals surface area contributed by atoms with Crippen molar-refractivity contribution in [2.45, 2.75) is 24.4 Å². The van der Waals surface area contributed by atoms with E-state index in [1.54, 1.807) is 0 Å². The first-order chi connectivity index (χ1) is 6.93. The maximum atomic E-state index is 10.3. The number of carbonyl (C=O) groups is 2. The summed E-state index contributed by atoms with van der Waals surface area (Å²) in [5.74, 6) is 0. The Labute approximate surface area is 89.8 Å². The molecule has 0 rings (SSSR count). The largest absolute Gasteiger partial charge is 0.440 e. The molecule has 0 bridgehead atoms. The fourth-order valence-corrected chi connectivity index (χ4v) is 0.918. The summed E-state index contributed by atoms with van der Waals surface area (Å²) in [6.07, 6.45) is -7.02. The lowest BCUT2D eigenvalue weighted by atomic mass is 10.0. The molecule has 0 aliphatic rings. The van der Waals surface area contributed by atoms with Crippen LogP contribution in [0.4, 0.5) is 4.79 Å². The molecule has 8 heteroatoms. The third-order valence-corrected chi connectivity index (χ3v) is 1.72. The van der Waals surface area contributed by atoms with E-state index in [0.717, 1.165) is 0 Å². The Bertz CT molecular complexity index is 221. The number of halogens is 1. The van der Waals surface area contributed by atoms with Crippen molar-refractivity contribution in [3.63, 3.8) is 0 Å². The zero-order chi connectivity index (χ0) is 12.0. The summed E-state index contributed by atoms with van der Waals surface area (Å²) in [5.41, 5.74) is -1.34. The molecule has 88 valence electrons. The van der Waals surface area contributed by atoms with Crippen molar-refractivity contribution in [1.29, 1.82) is 0 Å². The molecule has 0 saturated heterocycles. The lowest BCUT2D eigenvalue weighted by molar-refractivity contribution is -0.135. The van der Waals surface area contributed by atoms with Gasteiger partial charge in [0.05, 0.1) is 6.61 Å². The van der Waals surface area contributed by atoms with Crippen LogP contribution in [0.1, 0.15) is 0 Å². The van der Waals surface area contributed by atoms with Crippen LogP contribution < -0.4 is 0 Å². The van der Waals surface area contributed by atoms with E-state index in [4.69, 9.17) is 26.9 Å². The number of hydrogen-bond donors (Lipinski definition) is 4. The molecule has 0 spiro atoms. The average Bonchev–Trinajstić information content (AvgIpc) is 2.22. The molecule has 0 saturated carbocycles. The Kier molecular flexibility index (Phi) is 6.37. The number of rotatable bonds is 6. The van der Waals surface area contributed by atoms with Gasteiger partial charge in [-0.1, -0.05) is 0 Å². The van der Waals surface area contributed by atoms with Crippen molar-refractivity contribution in [2.24, 2.45) is 0 Å². The summed E-state index contributed by atoms with van der Waals surface area (Å²) in [7, 11) is 0. The minimum atomic E-state index is -1.87. The summed E-state index contributed by atoms with van der Waals surface area (Å²) >= 11 is 4.79. The van der Waals surface area contributed by atoms with Gasteiger partial charge in [-0.3, -0.25) is 4.79 Å². The molecule has 7 nitrogen and oxygen atoms in total. The fourth-order valence-electron chi connectivity index (χ4n) is 0.815. The summed E-state index contributed by atoms with van der Waals surface area (Å²) in [5, 5.41) is 35.8. The van der Waals surface area contributed by atoms with Crippen LogP contribution in [-0.2, 0) is 9.53 Å². The number of hydrogen-bond acceptors (Lipinski definition) is 7. The van der Waals surface area contributed by atoms with Gasteiger partial charge in [0.25, 0.3) is 0 Å². The topological polar surface area (TPSA) is 124 Å². The van der Waals surface area contributed by atoms with Gasteiger partial charge >= 0.3 is 5.43 Å². The van der Waals surface area contributed by atoms with Gasteiger partial charge in [-0.05, 0) is 0 Å². The smallest absolute Gasteiger partial charge is 0.404 e. The molecular formula is C7H11ClO7. The van der Waals surface area contributed by atoms with E-state index in [1.165, 1.54) is 0 Å². The molecule has 0 aromatic heterocycles. The maximum Gasteiger partial charge on any atom is 0.404 e. The Morgan fingerprint density at radius 3 is 2.20 bits per heavy atom. The van der Waals surface area contributed by atoms with Crippen LogP contribution >= 0.6 is 11.6 Å². The quantitative estimate of drug-likeness (QED) is 0.314. The van der Waals surface area contributed by atoms with Crippen molar-refractivity contribution in [3.05, 3.63) is 0 Å². The highest BCUT2D eigenvalue weighted by atomic mass is 35.5. The van der Waals surface area contributed by atoms with Gasteiger partial charge in [0, 0.05) is 11.6 Å². The van der Waals surface area contributed by atoms with Crippen LogP contribution in [0.25, 0.3) is 0 Å². The zero-order valence-corrected chi connectivity index (χ0v) is 8.24. The number of ether oxygens (including phenoxy) is 1. The SMILES string of the molecule is O=C[C@H](OC(=O)Cl)[C@@H](O)[C@@H](O)[C@H](O)CO. The molecule has 0 fully saturated rings. The minimum absolute atomic E-state index is 0.0399. The Hall–Kier alpha value is -0.730. The van der Waals surface area contributed by atoms with E-state index in [2.05, 4.69) is 4.74 Å². The van der Waals surface area contributed by atoms with Gasteiger partial charge in [0.1, 0.15) is 18.3 Å². The van der Waals surface area contributed by atoms with Crippen LogP contribution in [0.5, 0.6) is 0 Å². The van der Waals surface area contributed by atoms with Crippen LogP contribution in [-0.4, -0.2) is 63.2 Å². The monoisotopic (exact) mass is 242 g/mol. The van der Waals surface area contributed by atoms with E-state index in [9.17, 15) is 14.7 Å². The summed E-state index contributed by atoms with van der Waals surface area (Å²) in [4.78, 5) is 20.6. The molecule has 4 atom stereocenters. The molecule has 0 aromatic rings. The zero-order valence-electron chi connectivity index (χ0n) is 7.49. The second kappa shape index (κ2) is 6.70. The second-order valence-corrected chi connectivity index (χ2v) is 3.00. The normalized spacial score (nSPS) is 18.7. The van der Waals surface area contributed by atoms with Crippen molar-refractivity contribution >= 4 is 23.3 Å². The molecule has 0 aliphatic carbocycles. The van der Waals surface area contributed by atoms with Gasteiger partial charge in [0.2, 0.25) is 0 Å². The highest BCUT2D eigenvalue weighted by molar-refractivity contribution is 6.61. The van der Waals surface area contributed by atoms with E-state index < -0.39 is 36.5 Å². The van der Waals surface area contributed by atoms with Crippen molar-refractivity contribution in [2.75, 3.05) is 6.61 Å². The number of carbonyl (C=O) groups excluding carboxylic acids is 2. The molecule has 0 heterocycles. The van der Waals surface area contributed by atoms with Gasteiger partial charge in [0.15, 0.2) is 12.4 Å². The molecule has 15 heavy (non-hydrogen) atoms. The first kappa shape index (κ1) is 14.3. The lowest BCUT2D eigenvalue weighted by Crippen LogP contribution is -2.47. The summed E-state index contributed by atoms with van der Waals surface area (Å²) in [6, 6.07) is 0. The van der Waals surface area contributed by atoms with Crippen LogP contribution in [0.3, 0.4) is 0 Å². The van der Waals surface area contributed by atoms with Crippen molar-refractivity contribution in [3.8, 4) is 0 Å². The van der Waals surface area contributed by atoms with Crippen LogP contribution in [0, 0.1) is 0 Å². The van der Waals surface area contributed by atoms with Gasteiger partial charge in [-0.2, -0.15) is 0 Å². The first-order valence-corrected chi connectivity index (χ1v) is 4.28. The first-order valence-electron chi connectivity index (χ1n) is 3.90. The molecule has 0 aromatic carbocycles. The van der Waals surface area contributed by atoms with Crippen LogP contribution in [0.15, 0.2) is 0 Å². The molecule has 0 aliphatic heterocycles. The Balaban J connectivity index is 4.42. The van der Waals surface area contributed by atoms with Crippen LogP contribution in [0.2, 0.25) is 0 Å². The summed E-state index contributed by atoms with van der Waals surface area (Å²) < 4.78 is 4.13. The highest BCUT2D eigenvalue weighted by Gasteiger charge is 2.33. The van der Waals surface area contributed by atoms with Gasteiger partial charge < -0.3 is 25.2 Å². The molecule has 0 unspecified atom stereocenters. The Morgan fingerprint density at radius 2 is 1.87 bits per heavy atom. The van der Waals surface area contributed by atoms with Crippen molar-refractivity contribution < 1.29 is 34.8 Å². The molecular weight excluding hydrogens is 232 g/mol. The van der Waals surface area contributed by atoms with E-state index >= 15 is 0 Å². The average molecular weight is 243 g/mol. The minimum Gasteiger partial charge on any atom is -0.440 e. The Morgan fingerprint density at radius 1 is 1.33 bits per heavy atom. The molecule has 0 amide bonds. The summed E-state index contributed by atoms with van der Waals surface area (Å²) in [6.45, 7) is -0.821. The second-order valence-electron chi connectivity index (χ2n) is 2.69.